The molecule has 2 aromatic carbocycles. The largest absolute Gasteiger partial charge is 0.497 e. The van der Waals surface area contributed by atoms with Crippen molar-refractivity contribution in [3.05, 3.63) is 71.0 Å². The minimum absolute atomic E-state index is 0.217. The summed E-state index contributed by atoms with van der Waals surface area (Å²) >= 11 is 6.30. The molecule has 0 spiro atoms. The Bertz CT molecular complexity index is 864. The smallest absolute Gasteiger partial charge is 0.152 e. The lowest BCUT2D eigenvalue weighted by atomic mass is 10.2. The maximum atomic E-state index is 9.12. The first kappa shape index (κ1) is 16.1. The lowest BCUT2D eigenvalue weighted by Crippen LogP contribution is -2.06. The van der Waals surface area contributed by atoms with Crippen molar-refractivity contribution >= 4 is 11.6 Å². The highest BCUT2D eigenvalue weighted by Crippen LogP contribution is 2.28. The van der Waals surface area contributed by atoms with Crippen molar-refractivity contribution in [1.82, 2.24) is 9.55 Å². The summed E-state index contributed by atoms with van der Waals surface area (Å²) in [5.41, 5.74) is 2.78. The molecule has 0 unspecified atom stereocenters. The molecule has 0 aliphatic carbocycles. The Kier molecular flexibility index (Phi) is 4.83. The van der Waals surface area contributed by atoms with E-state index in [1.54, 1.807) is 7.11 Å². The van der Waals surface area contributed by atoms with E-state index in [1.165, 1.54) is 0 Å². The van der Waals surface area contributed by atoms with E-state index in [2.05, 4.69) is 11.1 Å². The normalized spacial score (nSPS) is 10.4. The van der Waals surface area contributed by atoms with Gasteiger partial charge in [0.05, 0.1) is 25.3 Å². The number of nitrogens with zero attached hydrogens (tertiary/aromatic N) is 3. The standard InChI is InChI=1S/C19H16ClN3O/c1-24-16-9-7-15(8-10-16)19-22-18(20)17(11-12-21)23(19)13-14-5-3-2-4-6-14/h2-10H,11,13H2,1H3. The second-order valence-electron chi connectivity index (χ2n) is 5.31. The molecular formula is C19H16ClN3O. The van der Waals surface area contributed by atoms with Gasteiger partial charge in [-0.15, -0.1) is 0 Å². The minimum atomic E-state index is 0.217. The Morgan fingerprint density at radius 1 is 1.12 bits per heavy atom. The van der Waals surface area contributed by atoms with Gasteiger partial charge in [0.15, 0.2) is 5.15 Å². The number of hydrogen-bond donors (Lipinski definition) is 0. The maximum absolute atomic E-state index is 9.12. The SMILES string of the molecule is COc1ccc(-c2nc(Cl)c(CC#N)n2Cc2ccccc2)cc1. The molecule has 0 fully saturated rings. The molecular weight excluding hydrogens is 322 g/mol. The van der Waals surface area contributed by atoms with Gasteiger partial charge in [0, 0.05) is 12.1 Å². The molecule has 5 heteroatoms. The summed E-state index contributed by atoms with van der Waals surface area (Å²) in [4.78, 5) is 4.49. The Hall–Kier alpha value is -2.77. The fraction of sp³-hybridized carbons (Fsp3) is 0.158. The van der Waals surface area contributed by atoms with E-state index in [1.807, 2.05) is 59.2 Å². The van der Waals surface area contributed by atoms with Gasteiger partial charge in [-0.3, -0.25) is 0 Å². The van der Waals surface area contributed by atoms with E-state index < -0.39 is 0 Å². The van der Waals surface area contributed by atoms with E-state index in [0.717, 1.165) is 28.4 Å². The lowest BCUT2D eigenvalue weighted by Gasteiger charge is -2.11. The molecule has 0 saturated heterocycles. The fourth-order valence-corrected chi connectivity index (χ4v) is 2.85. The second-order valence-corrected chi connectivity index (χ2v) is 5.67. The maximum Gasteiger partial charge on any atom is 0.152 e. The molecule has 120 valence electrons. The lowest BCUT2D eigenvalue weighted by molar-refractivity contribution is 0.415. The number of benzene rings is 2. The van der Waals surface area contributed by atoms with Crippen LogP contribution in [0.5, 0.6) is 5.75 Å². The van der Waals surface area contributed by atoms with Crippen LogP contribution in [0.2, 0.25) is 5.15 Å². The Labute approximate surface area is 145 Å². The van der Waals surface area contributed by atoms with Crippen molar-refractivity contribution in [2.75, 3.05) is 7.11 Å². The first-order valence-electron chi connectivity index (χ1n) is 7.53. The average Bonchev–Trinajstić information content (AvgIpc) is 2.92. The highest BCUT2D eigenvalue weighted by Gasteiger charge is 2.17. The zero-order valence-corrected chi connectivity index (χ0v) is 14.0. The summed E-state index contributed by atoms with van der Waals surface area (Å²) in [6.07, 6.45) is 0.217. The Morgan fingerprint density at radius 2 is 1.83 bits per heavy atom. The topological polar surface area (TPSA) is 50.8 Å². The van der Waals surface area contributed by atoms with Crippen LogP contribution < -0.4 is 4.74 Å². The van der Waals surface area contributed by atoms with Gasteiger partial charge in [0.2, 0.25) is 0 Å². The summed E-state index contributed by atoms with van der Waals surface area (Å²) in [5.74, 6) is 1.53. The third-order valence-electron chi connectivity index (χ3n) is 3.80. The van der Waals surface area contributed by atoms with Crippen LogP contribution in [0.3, 0.4) is 0 Å². The molecule has 3 aromatic rings. The molecule has 0 N–H and O–H groups in total. The van der Waals surface area contributed by atoms with Crippen LogP contribution in [-0.4, -0.2) is 16.7 Å². The summed E-state index contributed by atoms with van der Waals surface area (Å²) < 4.78 is 7.20. The molecule has 0 aliphatic rings. The van der Waals surface area contributed by atoms with Gasteiger partial charge in [-0.2, -0.15) is 5.26 Å². The molecule has 0 radical (unpaired) electrons. The number of ether oxygens (including phenoxy) is 1. The van der Waals surface area contributed by atoms with E-state index in [-0.39, 0.29) is 6.42 Å². The number of hydrogen-bond acceptors (Lipinski definition) is 3. The third-order valence-corrected chi connectivity index (χ3v) is 4.10. The van der Waals surface area contributed by atoms with Crippen LogP contribution in [0.25, 0.3) is 11.4 Å². The highest BCUT2D eigenvalue weighted by molar-refractivity contribution is 6.30. The Morgan fingerprint density at radius 3 is 2.46 bits per heavy atom. The number of nitriles is 1. The quantitative estimate of drug-likeness (QED) is 0.696. The molecule has 0 saturated carbocycles. The zero-order chi connectivity index (χ0) is 16.9. The summed E-state index contributed by atoms with van der Waals surface area (Å²) in [6.45, 7) is 0.610. The van der Waals surface area contributed by atoms with Gasteiger partial charge in [0.25, 0.3) is 0 Å². The van der Waals surface area contributed by atoms with Crippen LogP contribution in [-0.2, 0) is 13.0 Å². The van der Waals surface area contributed by atoms with Gasteiger partial charge in [-0.1, -0.05) is 41.9 Å². The molecule has 1 heterocycles. The van der Waals surface area contributed by atoms with Gasteiger partial charge in [-0.25, -0.2) is 4.98 Å². The van der Waals surface area contributed by atoms with Gasteiger partial charge in [0.1, 0.15) is 11.6 Å². The van der Waals surface area contributed by atoms with Crippen molar-refractivity contribution in [1.29, 1.82) is 5.26 Å². The third kappa shape index (κ3) is 3.27. The molecule has 1 aromatic heterocycles. The van der Waals surface area contributed by atoms with Crippen molar-refractivity contribution in [2.45, 2.75) is 13.0 Å². The number of aromatic nitrogens is 2. The fourth-order valence-electron chi connectivity index (χ4n) is 2.60. The van der Waals surface area contributed by atoms with Gasteiger partial charge in [-0.05, 0) is 29.8 Å². The summed E-state index contributed by atoms with van der Waals surface area (Å²) in [7, 11) is 1.63. The van der Waals surface area contributed by atoms with Crippen LogP contribution in [0.1, 0.15) is 11.3 Å². The van der Waals surface area contributed by atoms with E-state index in [4.69, 9.17) is 21.6 Å². The number of methoxy groups -OCH3 is 1. The van der Waals surface area contributed by atoms with Crippen molar-refractivity contribution in [3.8, 4) is 23.2 Å². The molecule has 0 amide bonds. The summed E-state index contributed by atoms with van der Waals surface area (Å²) in [5, 5.41) is 9.49. The van der Waals surface area contributed by atoms with Crippen molar-refractivity contribution < 1.29 is 4.74 Å². The van der Waals surface area contributed by atoms with Crippen LogP contribution in [0.4, 0.5) is 0 Å². The molecule has 3 rings (SSSR count). The van der Waals surface area contributed by atoms with Crippen LogP contribution in [0.15, 0.2) is 54.6 Å². The number of halogens is 1. The van der Waals surface area contributed by atoms with Crippen LogP contribution in [0, 0.1) is 11.3 Å². The molecule has 24 heavy (non-hydrogen) atoms. The second kappa shape index (κ2) is 7.20. The molecule has 0 atom stereocenters. The van der Waals surface area contributed by atoms with Crippen molar-refractivity contribution in [2.24, 2.45) is 0 Å². The predicted octanol–water partition coefficient (Wildman–Crippen LogP) is 4.33. The number of imidazole rings is 1. The molecule has 0 aliphatic heterocycles. The monoisotopic (exact) mass is 337 g/mol. The average molecular weight is 338 g/mol. The van der Waals surface area contributed by atoms with Crippen molar-refractivity contribution in [3.63, 3.8) is 0 Å². The minimum Gasteiger partial charge on any atom is -0.497 e. The van der Waals surface area contributed by atoms with Gasteiger partial charge >= 0.3 is 0 Å². The first-order valence-corrected chi connectivity index (χ1v) is 7.91. The van der Waals surface area contributed by atoms with E-state index in [9.17, 15) is 0 Å². The zero-order valence-electron chi connectivity index (χ0n) is 13.2. The number of rotatable bonds is 5. The first-order chi connectivity index (χ1) is 11.7. The van der Waals surface area contributed by atoms with Gasteiger partial charge < -0.3 is 9.30 Å². The Balaban J connectivity index is 2.07. The highest BCUT2D eigenvalue weighted by atomic mass is 35.5. The van der Waals surface area contributed by atoms with E-state index >= 15 is 0 Å². The van der Waals surface area contributed by atoms with E-state index in [0.29, 0.717) is 11.7 Å². The molecule has 4 nitrogen and oxygen atoms in total. The predicted molar refractivity (Wildman–Crippen MR) is 94.1 cm³/mol. The molecule has 0 bridgehead atoms. The summed E-state index contributed by atoms with van der Waals surface area (Å²) in [6, 6.07) is 19.9. The van der Waals surface area contributed by atoms with Crippen LogP contribution >= 0.6 is 11.6 Å².